The molecule has 0 saturated heterocycles. The molecule has 0 heterocycles. The molecule has 0 bridgehead atoms. The molecule has 0 fully saturated rings. The van der Waals surface area contributed by atoms with Gasteiger partial charge in [0.25, 0.3) is 0 Å². The van der Waals surface area contributed by atoms with Crippen LogP contribution in [0.3, 0.4) is 0 Å². The van der Waals surface area contributed by atoms with E-state index < -0.39 is 0 Å². The van der Waals surface area contributed by atoms with Crippen LogP contribution in [0.25, 0.3) is 0 Å². The van der Waals surface area contributed by atoms with Crippen molar-refractivity contribution in [3.63, 3.8) is 0 Å². The minimum absolute atomic E-state index is 0.114. The van der Waals surface area contributed by atoms with Crippen LogP contribution in [0, 0.1) is 5.82 Å². The number of halogens is 1. The largest absolute Gasteiger partial charge is 0.494 e. The number of hydrogen-bond donors (Lipinski definition) is 1. The topological polar surface area (TPSA) is 21.3 Å². The van der Waals surface area contributed by atoms with Gasteiger partial charge < -0.3 is 10.1 Å². The second-order valence-electron chi connectivity index (χ2n) is 3.53. The average Bonchev–Trinajstić information content (AvgIpc) is 2.28. The summed E-state index contributed by atoms with van der Waals surface area (Å²) in [5, 5.41) is 3.29. The lowest BCUT2D eigenvalue weighted by Gasteiger charge is -2.17. The quantitative estimate of drug-likeness (QED) is 0.748. The Morgan fingerprint density at radius 3 is 2.81 bits per heavy atom. The molecule has 1 aromatic rings. The summed E-state index contributed by atoms with van der Waals surface area (Å²) in [6.07, 6.45) is 2.61. The molecule has 0 aliphatic carbocycles. The van der Waals surface area contributed by atoms with Crippen molar-refractivity contribution in [2.24, 2.45) is 0 Å². The Hall–Kier alpha value is -1.35. The van der Waals surface area contributed by atoms with E-state index in [0.717, 1.165) is 18.5 Å². The van der Waals surface area contributed by atoms with Gasteiger partial charge >= 0.3 is 0 Å². The second-order valence-corrected chi connectivity index (χ2v) is 3.53. The van der Waals surface area contributed by atoms with E-state index in [1.165, 1.54) is 13.2 Å². The molecule has 0 radical (unpaired) electrons. The number of rotatable bonds is 6. The number of methoxy groups -OCH3 is 1. The minimum atomic E-state index is -0.327. The standard InChI is InChI=1S/C13H18FNO/c1-4-6-12(15-5-2)10-7-8-13(16-3)11(14)9-10/h4,7-9,12,15H,1,5-6H2,2-3H3. The Labute approximate surface area is 96.1 Å². The molecule has 0 spiro atoms. The van der Waals surface area contributed by atoms with Gasteiger partial charge in [-0.3, -0.25) is 0 Å². The number of nitrogens with one attached hydrogen (secondary N) is 1. The summed E-state index contributed by atoms with van der Waals surface area (Å²) in [4.78, 5) is 0. The average molecular weight is 223 g/mol. The van der Waals surface area contributed by atoms with Crippen molar-refractivity contribution in [3.05, 3.63) is 42.2 Å². The Balaban J connectivity index is 2.91. The smallest absolute Gasteiger partial charge is 0.165 e. The predicted molar refractivity (Wildman–Crippen MR) is 64.2 cm³/mol. The van der Waals surface area contributed by atoms with E-state index in [2.05, 4.69) is 11.9 Å². The fourth-order valence-electron chi connectivity index (χ4n) is 1.65. The molecule has 88 valence electrons. The maximum absolute atomic E-state index is 13.5. The summed E-state index contributed by atoms with van der Waals surface area (Å²) in [5.41, 5.74) is 0.917. The monoisotopic (exact) mass is 223 g/mol. The number of ether oxygens (including phenoxy) is 1. The second kappa shape index (κ2) is 6.28. The summed E-state index contributed by atoms with van der Waals surface area (Å²) >= 11 is 0. The fourth-order valence-corrected chi connectivity index (χ4v) is 1.65. The van der Waals surface area contributed by atoms with E-state index in [-0.39, 0.29) is 17.6 Å². The van der Waals surface area contributed by atoms with Crippen molar-refractivity contribution >= 4 is 0 Å². The third-order valence-corrected chi connectivity index (χ3v) is 2.43. The fraction of sp³-hybridized carbons (Fsp3) is 0.385. The highest BCUT2D eigenvalue weighted by molar-refractivity contribution is 5.31. The van der Waals surface area contributed by atoms with E-state index in [1.807, 2.05) is 19.1 Å². The van der Waals surface area contributed by atoms with Crippen LogP contribution in [0.5, 0.6) is 5.75 Å². The zero-order chi connectivity index (χ0) is 12.0. The van der Waals surface area contributed by atoms with Crippen molar-refractivity contribution in [2.75, 3.05) is 13.7 Å². The van der Waals surface area contributed by atoms with Crippen LogP contribution in [0.1, 0.15) is 24.9 Å². The molecule has 1 unspecified atom stereocenters. The van der Waals surface area contributed by atoms with E-state index >= 15 is 0 Å². The van der Waals surface area contributed by atoms with Gasteiger partial charge in [-0.1, -0.05) is 19.1 Å². The SMILES string of the molecule is C=CCC(NCC)c1ccc(OC)c(F)c1. The summed E-state index contributed by atoms with van der Waals surface area (Å²) in [6, 6.07) is 5.15. The lowest BCUT2D eigenvalue weighted by molar-refractivity contribution is 0.385. The third-order valence-electron chi connectivity index (χ3n) is 2.43. The molecule has 0 aliphatic rings. The normalized spacial score (nSPS) is 12.2. The Morgan fingerprint density at radius 1 is 1.56 bits per heavy atom. The van der Waals surface area contributed by atoms with Crippen molar-refractivity contribution in [1.29, 1.82) is 0 Å². The molecule has 0 saturated carbocycles. The van der Waals surface area contributed by atoms with Crippen LogP contribution >= 0.6 is 0 Å². The van der Waals surface area contributed by atoms with E-state index in [1.54, 1.807) is 6.07 Å². The van der Waals surface area contributed by atoms with Crippen LogP contribution in [0.2, 0.25) is 0 Å². The first-order chi connectivity index (χ1) is 7.72. The highest BCUT2D eigenvalue weighted by Crippen LogP contribution is 2.23. The zero-order valence-electron chi connectivity index (χ0n) is 9.79. The first-order valence-corrected chi connectivity index (χ1v) is 5.40. The van der Waals surface area contributed by atoms with Gasteiger partial charge in [0.05, 0.1) is 7.11 Å². The van der Waals surface area contributed by atoms with E-state index in [4.69, 9.17) is 4.74 Å². The zero-order valence-corrected chi connectivity index (χ0v) is 9.79. The predicted octanol–water partition coefficient (Wildman–Crippen LogP) is 3.06. The number of benzene rings is 1. The van der Waals surface area contributed by atoms with Crippen LogP contribution in [0.4, 0.5) is 4.39 Å². The molecule has 16 heavy (non-hydrogen) atoms. The van der Waals surface area contributed by atoms with Crippen molar-refractivity contribution < 1.29 is 9.13 Å². The van der Waals surface area contributed by atoms with Crippen molar-refractivity contribution in [1.82, 2.24) is 5.32 Å². The van der Waals surface area contributed by atoms with Gasteiger partial charge in [0.2, 0.25) is 0 Å². The maximum Gasteiger partial charge on any atom is 0.165 e. The van der Waals surface area contributed by atoms with Crippen LogP contribution in [0.15, 0.2) is 30.9 Å². The highest BCUT2D eigenvalue weighted by atomic mass is 19.1. The van der Waals surface area contributed by atoms with Crippen molar-refractivity contribution in [3.8, 4) is 5.75 Å². The summed E-state index contributed by atoms with van der Waals surface area (Å²) < 4.78 is 18.4. The molecule has 1 atom stereocenters. The van der Waals surface area contributed by atoms with Crippen molar-refractivity contribution in [2.45, 2.75) is 19.4 Å². The molecule has 0 aromatic heterocycles. The molecule has 0 aliphatic heterocycles. The molecule has 3 heteroatoms. The Kier molecular flexibility index (Phi) is 4.99. The lowest BCUT2D eigenvalue weighted by atomic mass is 10.0. The molecular formula is C13H18FNO. The van der Waals surface area contributed by atoms with Crippen LogP contribution < -0.4 is 10.1 Å². The number of hydrogen-bond acceptors (Lipinski definition) is 2. The van der Waals surface area contributed by atoms with Gasteiger partial charge in [-0.15, -0.1) is 6.58 Å². The van der Waals surface area contributed by atoms with E-state index in [9.17, 15) is 4.39 Å². The lowest BCUT2D eigenvalue weighted by Crippen LogP contribution is -2.20. The van der Waals surface area contributed by atoms with Gasteiger partial charge in [-0.05, 0) is 30.7 Å². The molecule has 1 aromatic carbocycles. The van der Waals surface area contributed by atoms with Gasteiger partial charge in [-0.2, -0.15) is 0 Å². The summed E-state index contributed by atoms with van der Waals surface area (Å²) in [7, 11) is 1.46. The summed E-state index contributed by atoms with van der Waals surface area (Å²) in [5.74, 6) is -0.0513. The van der Waals surface area contributed by atoms with Crippen LogP contribution in [-0.2, 0) is 0 Å². The summed E-state index contributed by atoms with van der Waals surface area (Å²) in [6.45, 7) is 6.57. The van der Waals surface area contributed by atoms with Crippen LogP contribution in [-0.4, -0.2) is 13.7 Å². The molecule has 0 amide bonds. The molecule has 1 rings (SSSR count). The Morgan fingerprint density at radius 2 is 2.31 bits per heavy atom. The first-order valence-electron chi connectivity index (χ1n) is 5.40. The van der Waals surface area contributed by atoms with Gasteiger partial charge in [0.15, 0.2) is 11.6 Å². The third kappa shape index (κ3) is 3.07. The van der Waals surface area contributed by atoms with Gasteiger partial charge in [-0.25, -0.2) is 4.39 Å². The Bertz CT molecular complexity index is 352. The maximum atomic E-state index is 13.5. The van der Waals surface area contributed by atoms with Gasteiger partial charge in [0.1, 0.15) is 0 Å². The minimum Gasteiger partial charge on any atom is -0.494 e. The first kappa shape index (κ1) is 12.7. The molecular weight excluding hydrogens is 205 g/mol. The highest BCUT2D eigenvalue weighted by Gasteiger charge is 2.11. The molecule has 1 N–H and O–H groups in total. The van der Waals surface area contributed by atoms with E-state index in [0.29, 0.717) is 0 Å². The van der Waals surface area contributed by atoms with Gasteiger partial charge in [0, 0.05) is 6.04 Å². The molecule has 2 nitrogen and oxygen atoms in total.